The number of halogens is 4. The van der Waals surface area contributed by atoms with Crippen LogP contribution in [0.2, 0.25) is 0 Å². The van der Waals surface area contributed by atoms with Crippen LogP contribution in [0.15, 0.2) is 36.5 Å². The molecule has 0 spiro atoms. The number of carboxylic acids is 1. The molecule has 1 aromatic heterocycles. The van der Waals surface area contributed by atoms with Crippen molar-refractivity contribution in [2.75, 3.05) is 38.6 Å². The molecular formula is C29H34F4N4O3. The predicted molar refractivity (Wildman–Crippen MR) is 144 cm³/mol. The molecule has 0 radical (unpaired) electrons. The third-order valence-electron chi connectivity index (χ3n) is 7.84. The molecule has 1 atom stereocenters. The molecule has 7 nitrogen and oxygen atoms in total. The highest BCUT2D eigenvalue weighted by Crippen LogP contribution is 2.43. The summed E-state index contributed by atoms with van der Waals surface area (Å²) in [6.07, 6.45) is 1.83. The summed E-state index contributed by atoms with van der Waals surface area (Å²) in [4.78, 5) is 18.3. The summed E-state index contributed by atoms with van der Waals surface area (Å²) in [5.74, 6) is -4.38. The highest BCUT2D eigenvalue weighted by atomic mass is 19.2. The lowest BCUT2D eigenvalue weighted by atomic mass is 9.71. The average molecular weight is 563 g/mol. The van der Waals surface area contributed by atoms with Crippen LogP contribution in [0.3, 0.4) is 0 Å². The molecule has 1 saturated heterocycles. The Morgan fingerprint density at radius 1 is 1.20 bits per heavy atom. The molecule has 0 amide bonds. The van der Waals surface area contributed by atoms with Crippen LogP contribution in [-0.2, 0) is 11.3 Å². The van der Waals surface area contributed by atoms with Crippen molar-refractivity contribution < 1.29 is 32.2 Å². The van der Waals surface area contributed by atoms with E-state index in [1.165, 1.54) is 7.11 Å². The topological polar surface area (TPSA) is 101 Å². The number of piperidine rings is 1. The van der Waals surface area contributed by atoms with E-state index in [0.29, 0.717) is 73.2 Å². The van der Waals surface area contributed by atoms with E-state index >= 15 is 4.39 Å². The number of carboxylic acid groups (broad SMARTS) is 1. The van der Waals surface area contributed by atoms with Gasteiger partial charge in [0, 0.05) is 54.6 Å². The Morgan fingerprint density at radius 2 is 1.90 bits per heavy atom. The predicted octanol–water partition coefficient (Wildman–Crippen LogP) is 5.58. The summed E-state index contributed by atoms with van der Waals surface area (Å²) in [5.41, 5.74) is 7.19. The van der Waals surface area contributed by atoms with Crippen LogP contribution >= 0.6 is 0 Å². The summed E-state index contributed by atoms with van der Waals surface area (Å²) >= 11 is 0. The third kappa shape index (κ3) is 6.82. The van der Waals surface area contributed by atoms with Crippen LogP contribution in [0.5, 0.6) is 5.75 Å². The average Bonchev–Trinajstić information content (AvgIpc) is 2.94. The smallest absolute Gasteiger partial charge is 0.303 e. The number of hydrogen-bond donors (Lipinski definition) is 3. The van der Waals surface area contributed by atoms with Crippen molar-refractivity contribution in [2.45, 2.75) is 44.8 Å². The van der Waals surface area contributed by atoms with Gasteiger partial charge in [-0.05, 0) is 68.0 Å². The van der Waals surface area contributed by atoms with E-state index in [-0.39, 0.29) is 25.1 Å². The molecule has 1 aliphatic heterocycles. The van der Waals surface area contributed by atoms with Crippen LogP contribution in [0.1, 0.15) is 49.4 Å². The Morgan fingerprint density at radius 3 is 2.52 bits per heavy atom. The molecule has 4 N–H and O–H groups in total. The maximum absolute atomic E-state index is 15.9. The fourth-order valence-electron chi connectivity index (χ4n) is 5.57. The van der Waals surface area contributed by atoms with Crippen molar-refractivity contribution >= 4 is 22.6 Å². The second kappa shape index (κ2) is 12.8. The number of nitrogens with zero attached hydrogens (tertiary/aromatic N) is 2. The van der Waals surface area contributed by atoms with Gasteiger partial charge in [0.05, 0.1) is 19.0 Å². The minimum Gasteiger partial charge on any atom is -0.497 e. The Kier molecular flexibility index (Phi) is 9.47. The fourth-order valence-corrected chi connectivity index (χ4v) is 5.57. The number of aromatic nitrogens is 1. The van der Waals surface area contributed by atoms with Gasteiger partial charge < -0.3 is 25.8 Å². The Bertz CT molecular complexity index is 1320. The van der Waals surface area contributed by atoms with Crippen molar-refractivity contribution in [3.63, 3.8) is 0 Å². The van der Waals surface area contributed by atoms with Crippen molar-refractivity contribution in [2.24, 2.45) is 11.1 Å². The van der Waals surface area contributed by atoms with E-state index in [2.05, 4.69) is 15.2 Å². The third-order valence-corrected chi connectivity index (χ3v) is 7.84. The number of aliphatic carboxylic acids is 1. The molecule has 0 bridgehead atoms. The lowest BCUT2D eigenvalue weighted by molar-refractivity contribution is -0.141. The first-order valence-corrected chi connectivity index (χ1v) is 13.3. The van der Waals surface area contributed by atoms with Crippen LogP contribution < -0.4 is 15.8 Å². The van der Waals surface area contributed by atoms with E-state index in [4.69, 9.17) is 10.5 Å². The standard InChI is InChI=1S/C29H34F4N4O3/c1-40-20-2-3-25-21(14-20)27(18(16-34)17-36-25)22(30)4-5-29(15-26(38)39)6-9-37(10-7-29)11-8-35-19-12-23(31)28(33)24(32)13-19/h2-3,12-14,17,22,35H,4-11,15-16,34H2,1H3,(H,38,39)/t22-/m0/s1. The first-order chi connectivity index (χ1) is 19.1. The van der Waals surface area contributed by atoms with E-state index in [1.54, 1.807) is 24.4 Å². The number of pyridine rings is 1. The van der Waals surface area contributed by atoms with Gasteiger partial charge in [0.1, 0.15) is 11.9 Å². The molecule has 3 aromatic rings. The molecule has 2 aromatic carbocycles. The number of rotatable bonds is 12. The van der Waals surface area contributed by atoms with Gasteiger partial charge in [-0.3, -0.25) is 9.78 Å². The minimum absolute atomic E-state index is 0.0609. The summed E-state index contributed by atoms with van der Waals surface area (Å²) in [6.45, 7) is 2.23. The van der Waals surface area contributed by atoms with Crippen LogP contribution in [0, 0.1) is 22.9 Å². The number of likely N-dealkylation sites (tertiary alicyclic amines) is 1. The molecule has 4 rings (SSSR count). The first-order valence-electron chi connectivity index (χ1n) is 13.3. The second-order valence-electron chi connectivity index (χ2n) is 10.4. The Hall–Kier alpha value is -3.44. The number of carbonyl (C=O) groups is 1. The molecule has 40 heavy (non-hydrogen) atoms. The van der Waals surface area contributed by atoms with Gasteiger partial charge in [0.2, 0.25) is 0 Å². The zero-order valence-electron chi connectivity index (χ0n) is 22.4. The normalized spacial score (nSPS) is 16.1. The number of ether oxygens (including phenoxy) is 1. The van der Waals surface area contributed by atoms with Crippen LogP contribution in [0.4, 0.5) is 23.2 Å². The number of anilines is 1. The number of nitrogens with one attached hydrogen (secondary N) is 1. The largest absolute Gasteiger partial charge is 0.497 e. The lowest BCUT2D eigenvalue weighted by Gasteiger charge is -2.41. The number of alkyl halides is 1. The maximum atomic E-state index is 15.9. The highest BCUT2D eigenvalue weighted by Gasteiger charge is 2.37. The zero-order valence-corrected chi connectivity index (χ0v) is 22.4. The van der Waals surface area contributed by atoms with Crippen molar-refractivity contribution in [3.8, 4) is 5.75 Å². The van der Waals surface area contributed by atoms with E-state index in [9.17, 15) is 23.1 Å². The quantitative estimate of drug-likeness (QED) is 0.196. The summed E-state index contributed by atoms with van der Waals surface area (Å²) in [7, 11) is 1.54. The van der Waals surface area contributed by atoms with Gasteiger partial charge in [-0.2, -0.15) is 0 Å². The van der Waals surface area contributed by atoms with Gasteiger partial charge in [-0.1, -0.05) is 0 Å². The van der Waals surface area contributed by atoms with Crippen molar-refractivity contribution in [3.05, 3.63) is 65.1 Å². The summed E-state index contributed by atoms with van der Waals surface area (Å²) in [6, 6.07) is 7.08. The summed E-state index contributed by atoms with van der Waals surface area (Å²) < 4.78 is 61.3. The van der Waals surface area contributed by atoms with Gasteiger partial charge in [0.25, 0.3) is 0 Å². The number of methoxy groups -OCH3 is 1. The van der Waals surface area contributed by atoms with Crippen molar-refractivity contribution in [1.29, 1.82) is 0 Å². The molecule has 0 saturated carbocycles. The maximum Gasteiger partial charge on any atom is 0.303 e. The molecule has 1 aliphatic rings. The molecule has 0 unspecified atom stereocenters. The van der Waals surface area contributed by atoms with Gasteiger partial charge >= 0.3 is 5.97 Å². The van der Waals surface area contributed by atoms with Gasteiger partial charge in [-0.25, -0.2) is 17.6 Å². The second-order valence-corrected chi connectivity index (χ2v) is 10.4. The highest BCUT2D eigenvalue weighted by molar-refractivity contribution is 5.85. The van der Waals surface area contributed by atoms with E-state index in [0.717, 1.165) is 12.1 Å². The zero-order chi connectivity index (χ0) is 28.9. The Labute approximate surface area is 230 Å². The van der Waals surface area contributed by atoms with Crippen LogP contribution in [0.25, 0.3) is 10.9 Å². The number of hydrogen-bond acceptors (Lipinski definition) is 6. The van der Waals surface area contributed by atoms with Crippen LogP contribution in [-0.4, -0.2) is 54.2 Å². The van der Waals surface area contributed by atoms with Crippen molar-refractivity contribution in [1.82, 2.24) is 9.88 Å². The first kappa shape index (κ1) is 29.5. The number of benzene rings is 2. The lowest BCUT2D eigenvalue weighted by Crippen LogP contribution is -2.43. The molecule has 0 aliphatic carbocycles. The Balaban J connectivity index is 1.40. The SMILES string of the molecule is COc1ccc2ncc(CN)c([C@@H](F)CCC3(CC(=O)O)CCN(CCNc4cc(F)c(F)c(F)c4)CC3)c2c1. The van der Waals surface area contributed by atoms with E-state index in [1.807, 2.05) is 0 Å². The molecular weight excluding hydrogens is 528 g/mol. The molecule has 1 fully saturated rings. The molecule has 216 valence electrons. The van der Waals surface area contributed by atoms with Gasteiger partial charge in [0.15, 0.2) is 17.5 Å². The monoisotopic (exact) mass is 562 g/mol. The number of fused-ring (bicyclic) bond motifs is 1. The molecule has 11 heteroatoms. The van der Waals surface area contributed by atoms with Gasteiger partial charge in [-0.15, -0.1) is 0 Å². The fraction of sp³-hybridized carbons (Fsp3) is 0.448. The summed E-state index contributed by atoms with van der Waals surface area (Å²) in [5, 5.41) is 13.2. The minimum atomic E-state index is -1.51. The van der Waals surface area contributed by atoms with E-state index < -0.39 is 35.0 Å². The molecule has 2 heterocycles. The number of nitrogens with two attached hydrogens (primary N) is 1.